The molecule has 1 saturated heterocycles. The fourth-order valence-electron chi connectivity index (χ4n) is 1.79. The molecule has 1 rings (SSSR count). The van der Waals surface area contributed by atoms with Crippen LogP contribution >= 0.6 is 0 Å². The molecule has 1 atom stereocenters. The lowest BCUT2D eigenvalue weighted by Gasteiger charge is -2.23. The van der Waals surface area contributed by atoms with Gasteiger partial charge in [-0.2, -0.15) is 0 Å². The number of nitrogens with one attached hydrogen (secondary N) is 1. The number of hydrogen-bond acceptors (Lipinski definition) is 4. The van der Waals surface area contributed by atoms with Crippen LogP contribution in [0.4, 0.5) is 0 Å². The molecule has 0 radical (unpaired) electrons. The van der Waals surface area contributed by atoms with Crippen LogP contribution in [0.25, 0.3) is 0 Å². The average Bonchev–Trinajstić information content (AvgIpc) is 2.34. The van der Waals surface area contributed by atoms with Crippen LogP contribution in [0.5, 0.6) is 0 Å². The molecule has 2 amide bonds. The van der Waals surface area contributed by atoms with E-state index < -0.39 is 17.9 Å². The summed E-state index contributed by atoms with van der Waals surface area (Å²) in [6.45, 7) is 1.02. The van der Waals surface area contributed by atoms with Gasteiger partial charge in [0, 0.05) is 25.6 Å². The number of rotatable bonds is 6. The van der Waals surface area contributed by atoms with E-state index in [1.807, 2.05) is 0 Å². The quantitative estimate of drug-likeness (QED) is 0.579. The molecule has 0 unspecified atom stereocenters. The van der Waals surface area contributed by atoms with E-state index in [2.05, 4.69) is 5.32 Å². The molecule has 0 aromatic carbocycles. The molecule has 4 N–H and O–H groups in total. The number of carboxylic acids is 1. The maximum atomic E-state index is 11.8. The second-order valence-electron chi connectivity index (χ2n) is 4.29. The number of hydrogen-bond donors (Lipinski definition) is 3. The molecule has 0 bridgehead atoms. The zero-order valence-electron chi connectivity index (χ0n) is 10.1. The van der Waals surface area contributed by atoms with Crippen LogP contribution in [0.3, 0.4) is 0 Å². The van der Waals surface area contributed by atoms with E-state index in [-0.39, 0.29) is 24.7 Å². The largest absolute Gasteiger partial charge is 0.480 e. The summed E-state index contributed by atoms with van der Waals surface area (Å²) in [6, 6.07) is -1.06. The lowest BCUT2D eigenvalue weighted by molar-refractivity contribution is -0.143. The number of carbonyl (C=O) groups is 3. The summed E-state index contributed by atoms with van der Waals surface area (Å²) in [5.74, 6) is -2.25. The summed E-state index contributed by atoms with van der Waals surface area (Å²) < 4.78 is 5.12. The van der Waals surface area contributed by atoms with Gasteiger partial charge in [-0.15, -0.1) is 0 Å². The van der Waals surface area contributed by atoms with Gasteiger partial charge in [-0.1, -0.05) is 0 Å². The maximum Gasteiger partial charge on any atom is 0.326 e. The second kappa shape index (κ2) is 6.95. The molecule has 7 nitrogen and oxygen atoms in total. The van der Waals surface area contributed by atoms with Crippen LogP contribution in [-0.4, -0.2) is 42.1 Å². The Bertz CT molecular complexity index is 325. The molecular formula is C11H18N2O5. The molecule has 1 aliphatic rings. The van der Waals surface area contributed by atoms with E-state index >= 15 is 0 Å². The Kier molecular flexibility index (Phi) is 5.57. The molecule has 0 saturated carbocycles. The minimum Gasteiger partial charge on any atom is -0.480 e. The van der Waals surface area contributed by atoms with Crippen LogP contribution in [0.15, 0.2) is 0 Å². The lowest BCUT2D eigenvalue weighted by atomic mass is 9.98. The van der Waals surface area contributed by atoms with Gasteiger partial charge in [0.25, 0.3) is 0 Å². The van der Waals surface area contributed by atoms with Gasteiger partial charge in [-0.3, -0.25) is 9.59 Å². The fraction of sp³-hybridized carbons (Fsp3) is 0.727. The van der Waals surface area contributed by atoms with Crippen molar-refractivity contribution in [1.29, 1.82) is 0 Å². The van der Waals surface area contributed by atoms with Crippen molar-refractivity contribution in [3.05, 3.63) is 0 Å². The molecule has 18 heavy (non-hydrogen) atoms. The fourth-order valence-corrected chi connectivity index (χ4v) is 1.79. The molecule has 1 aliphatic heterocycles. The molecule has 0 spiro atoms. The molecule has 1 heterocycles. The third kappa shape index (κ3) is 4.70. The van der Waals surface area contributed by atoms with Crippen molar-refractivity contribution in [1.82, 2.24) is 5.32 Å². The first kappa shape index (κ1) is 14.4. The summed E-state index contributed by atoms with van der Waals surface area (Å²) in [7, 11) is 0. The zero-order valence-corrected chi connectivity index (χ0v) is 10.1. The number of carboxylic acid groups (broad SMARTS) is 1. The predicted octanol–water partition coefficient (Wildman–Crippen LogP) is -0.752. The van der Waals surface area contributed by atoms with Crippen LogP contribution < -0.4 is 11.1 Å². The van der Waals surface area contributed by atoms with E-state index in [0.717, 1.165) is 0 Å². The Morgan fingerprint density at radius 1 is 1.33 bits per heavy atom. The first-order valence-electron chi connectivity index (χ1n) is 5.90. The third-order valence-corrected chi connectivity index (χ3v) is 2.89. The van der Waals surface area contributed by atoms with Gasteiger partial charge in [0.2, 0.25) is 11.8 Å². The van der Waals surface area contributed by atoms with E-state index in [1.165, 1.54) is 0 Å². The Hall–Kier alpha value is -1.63. The molecular weight excluding hydrogens is 240 g/mol. The third-order valence-electron chi connectivity index (χ3n) is 2.89. The second-order valence-corrected chi connectivity index (χ2v) is 4.29. The summed E-state index contributed by atoms with van der Waals surface area (Å²) >= 11 is 0. The van der Waals surface area contributed by atoms with Crippen LogP contribution in [0, 0.1) is 5.92 Å². The van der Waals surface area contributed by atoms with Crippen LogP contribution in [-0.2, 0) is 19.1 Å². The molecule has 1 fully saturated rings. The van der Waals surface area contributed by atoms with Gasteiger partial charge in [0.15, 0.2) is 0 Å². The van der Waals surface area contributed by atoms with E-state index in [1.54, 1.807) is 0 Å². The molecule has 0 aromatic rings. The number of aliphatic carboxylic acids is 1. The van der Waals surface area contributed by atoms with Gasteiger partial charge in [-0.05, 0) is 19.3 Å². The number of primary amides is 1. The standard InChI is InChI=1S/C11H18N2O5/c12-9(14)2-1-8(11(16)17)13-10(15)7-3-5-18-6-4-7/h7-8H,1-6H2,(H2,12,14)(H,13,15)(H,16,17)/t8-/m0/s1. The first-order valence-corrected chi connectivity index (χ1v) is 5.90. The highest BCUT2D eigenvalue weighted by Gasteiger charge is 2.26. The van der Waals surface area contributed by atoms with Crippen molar-refractivity contribution in [2.24, 2.45) is 11.7 Å². The van der Waals surface area contributed by atoms with Gasteiger partial charge < -0.3 is 20.9 Å². The number of ether oxygens (including phenoxy) is 1. The van der Waals surface area contributed by atoms with E-state index in [0.29, 0.717) is 26.1 Å². The topological polar surface area (TPSA) is 119 Å². The summed E-state index contributed by atoms with van der Waals surface area (Å²) in [4.78, 5) is 33.4. The van der Waals surface area contributed by atoms with Gasteiger partial charge in [0.05, 0.1) is 0 Å². The van der Waals surface area contributed by atoms with Crippen molar-refractivity contribution in [2.75, 3.05) is 13.2 Å². The highest BCUT2D eigenvalue weighted by atomic mass is 16.5. The van der Waals surface area contributed by atoms with Crippen LogP contribution in [0.1, 0.15) is 25.7 Å². The van der Waals surface area contributed by atoms with Crippen molar-refractivity contribution in [2.45, 2.75) is 31.7 Å². The summed E-state index contributed by atoms with van der Waals surface area (Å²) in [5.41, 5.74) is 4.95. The highest BCUT2D eigenvalue weighted by Crippen LogP contribution is 2.15. The van der Waals surface area contributed by atoms with E-state index in [9.17, 15) is 14.4 Å². The normalized spacial score (nSPS) is 18.0. The first-order chi connectivity index (χ1) is 8.50. The van der Waals surface area contributed by atoms with Crippen molar-refractivity contribution >= 4 is 17.8 Å². The molecule has 0 aromatic heterocycles. The Labute approximate surface area is 105 Å². The molecule has 102 valence electrons. The van der Waals surface area contributed by atoms with Crippen molar-refractivity contribution in [3.63, 3.8) is 0 Å². The number of nitrogens with two attached hydrogens (primary N) is 1. The highest BCUT2D eigenvalue weighted by molar-refractivity contribution is 5.85. The maximum absolute atomic E-state index is 11.8. The number of amides is 2. The van der Waals surface area contributed by atoms with Gasteiger partial charge in [0.1, 0.15) is 6.04 Å². The smallest absolute Gasteiger partial charge is 0.326 e. The molecule has 7 heteroatoms. The van der Waals surface area contributed by atoms with Crippen LogP contribution in [0.2, 0.25) is 0 Å². The molecule has 0 aliphatic carbocycles. The minimum absolute atomic E-state index is 0.0135. The Morgan fingerprint density at radius 2 is 1.94 bits per heavy atom. The summed E-state index contributed by atoms with van der Waals surface area (Å²) in [6.07, 6.45) is 1.13. The lowest BCUT2D eigenvalue weighted by Crippen LogP contribution is -2.45. The predicted molar refractivity (Wildman–Crippen MR) is 61.5 cm³/mol. The summed E-state index contributed by atoms with van der Waals surface area (Å²) in [5, 5.41) is 11.4. The van der Waals surface area contributed by atoms with Gasteiger partial charge >= 0.3 is 5.97 Å². The van der Waals surface area contributed by atoms with E-state index in [4.69, 9.17) is 15.6 Å². The number of carbonyl (C=O) groups excluding carboxylic acids is 2. The Morgan fingerprint density at radius 3 is 2.44 bits per heavy atom. The van der Waals surface area contributed by atoms with Crippen molar-refractivity contribution in [3.8, 4) is 0 Å². The SMILES string of the molecule is NC(=O)CC[C@H](NC(=O)C1CCOCC1)C(=O)O. The minimum atomic E-state index is -1.16. The van der Waals surface area contributed by atoms with Gasteiger partial charge in [-0.25, -0.2) is 4.79 Å². The Balaban J connectivity index is 2.46. The van der Waals surface area contributed by atoms with Crippen molar-refractivity contribution < 1.29 is 24.2 Å². The average molecular weight is 258 g/mol. The monoisotopic (exact) mass is 258 g/mol. The zero-order chi connectivity index (χ0) is 13.5.